The van der Waals surface area contributed by atoms with Gasteiger partial charge in [-0.3, -0.25) is 0 Å². The van der Waals surface area contributed by atoms with E-state index in [0.717, 1.165) is 41.1 Å². The molecule has 0 aliphatic carbocycles. The Balaban J connectivity index is 1.50. The van der Waals surface area contributed by atoms with Crippen LogP contribution in [-0.2, 0) is 20.8 Å². The fourth-order valence-corrected chi connectivity index (χ4v) is 4.09. The normalized spacial score (nSPS) is 13.7. The average Bonchev–Trinajstić information content (AvgIpc) is 3.34. The summed E-state index contributed by atoms with van der Waals surface area (Å²) in [6.07, 6.45) is 1.83. The monoisotopic (exact) mass is 488 g/mol. The van der Waals surface area contributed by atoms with Crippen molar-refractivity contribution in [2.75, 3.05) is 57.3 Å². The maximum Gasteiger partial charge on any atom is 0.337 e. The van der Waals surface area contributed by atoms with Gasteiger partial charge in [-0.25, -0.2) is 14.8 Å². The predicted octanol–water partition coefficient (Wildman–Crippen LogP) is 3.51. The smallest absolute Gasteiger partial charge is 0.337 e. The standard InChI is InChI=1S/C26H28N6O4/c1-34-12-9-32-17-27-21-8-5-19(15-23(21)32)22-16-24(30-26(29-22)31-10-13-36-14-11-31)28-20-6-3-18(4-7-20)25(33)35-2/h3-8,15-17H,9-14H2,1-2H3,(H,28,29,30). The Morgan fingerprint density at radius 1 is 1.06 bits per heavy atom. The number of esters is 1. The highest BCUT2D eigenvalue weighted by Gasteiger charge is 2.17. The van der Waals surface area contributed by atoms with E-state index in [9.17, 15) is 4.79 Å². The number of hydrogen-bond donors (Lipinski definition) is 1. The number of benzene rings is 2. The van der Waals surface area contributed by atoms with Gasteiger partial charge in [-0.1, -0.05) is 6.07 Å². The Kier molecular flexibility index (Phi) is 7.06. The Hall–Kier alpha value is -4.02. The number of rotatable bonds is 8. The Labute approximate surface area is 208 Å². The topological polar surface area (TPSA) is 104 Å². The van der Waals surface area contributed by atoms with Gasteiger partial charge < -0.3 is 29.0 Å². The van der Waals surface area contributed by atoms with Crippen LogP contribution in [0.2, 0.25) is 0 Å². The summed E-state index contributed by atoms with van der Waals surface area (Å²) < 4.78 is 17.6. The molecule has 0 spiro atoms. The number of methoxy groups -OCH3 is 2. The number of carbonyl (C=O) groups excluding carboxylic acids is 1. The summed E-state index contributed by atoms with van der Waals surface area (Å²) in [6.45, 7) is 4.03. The molecule has 1 N–H and O–H groups in total. The highest BCUT2D eigenvalue weighted by atomic mass is 16.5. The van der Waals surface area contributed by atoms with E-state index < -0.39 is 0 Å². The molecule has 4 aromatic rings. The van der Waals surface area contributed by atoms with E-state index >= 15 is 0 Å². The zero-order chi connectivity index (χ0) is 24.9. The summed E-state index contributed by atoms with van der Waals surface area (Å²) in [5.41, 5.74) is 4.97. The maximum absolute atomic E-state index is 11.8. The van der Waals surface area contributed by atoms with Crippen molar-refractivity contribution in [3.05, 3.63) is 60.4 Å². The van der Waals surface area contributed by atoms with E-state index in [1.165, 1.54) is 7.11 Å². The minimum atomic E-state index is -0.374. The molecule has 2 aromatic heterocycles. The van der Waals surface area contributed by atoms with Crippen molar-refractivity contribution in [2.45, 2.75) is 6.54 Å². The molecule has 1 aliphatic rings. The number of morpholine rings is 1. The van der Waals surface area contributed by atoms with Crippen LogP contribution in [0.1, 0.15) is 10.4 Å². The maximum atomic E-state index is 11.8. The molecule has 10 heteroatoms. The molecule has 5 rings (SSSR count). The lowest BCUT2D eigenvalue weighted by Gasteiger charge is -2.27. The SMILES string of the molecule is COCCn1cnc2ccc(-c3cc(Nc4ccc(C(=O)OC)cc4)nc(N4CCOCC4)n3)cc21. The van der Waals surface area contributed by atoms with Crippen molar-refractivity contribution in [3.63, 3.8) is 0 Å². The number of carbonyl (C=O) groups is 1. The lowest BCUT2D eigenvalue weighted by molar-refractivity contribution is 0.0600. The molecule has 186 valence electrons. The van der Waals surface area contributed by atoms with E-state index in [1.54, 1.807) is 19.2 Å². The molecule has 1 aliphatic heterocycles. The molecular formula is C26H28N6O4. The molecule has 36 heavy (non-hydrogen) atoms. The zero-order valence-electron chi connectivity index (χ0n) is 20.3. The van der Waals surface area contributed by atoms with Gasteiger partial charge in [-0.2, -0.15) is 4.98 Å². The Bertz CT molecular complexity index is 1350. The van der Waals surface area contributed by atoms with Crippen LogP contribution in [0.25, 0.3) is 22.3 Å². The first-order chi connectivity index (χ1) is 17.6. The first kappa shape index (κ1) is 23.7. The van der Waals surface area contributed by atoms with Crippen LogP contribution < -0.4 is 10.2 Å². The summed E-state index contributed by atoms with van der Waals surface area (Å²) >= 11 is 0. The van der Waals surface area contributed by atoms with Gasteiger partial charge in [0.25, 0.3) is 0 Å². The second kappa shape index (κ2) is 10.7. The summed E-state index contributed by atoms with van der Waals surface area (Å²) in [7, 11) is 3.06. The number of ether oxygens (including phenoxy) is 3. The first-order valence-corrected chi connectivity index (χ1v) is 11.8. The molecule has 0 saturated carbocycles. The van der Waals surface area contributed by atoms with Crippen molar-refractivity contribution < 1.29 is 19.0 Å². The highest BCUT2D eigenvalue weighted by Crippen LogP contribution is 2.28. The lowest BCUT2D eigenvalue weighted by Crippen LogP contribution is -2.37. The molecule has 1 saturated heterocycles. The third kappa shape index (κ3) is 5.14. The van der Waals surface area contributed by atoms with Gasteiger partial charge in [0.15, 0.2) is 0 Å². The number of aromatic nitrogens is 4. The number of anilines is 3. The summed E-state index contributed by atoms with van der Waals surface area (Å²) in [4.78, 5) is 28.1. The van der Waals surface area contributed by atoms with Gasteiger partial charge in [0.2, 0.25) is 5.95 Å². The van der Waals surface area contributed by atoms with Crippen molar-refractivity contribution in [2.24, 2.45) is 0 Å². The molecule has 10 nitrogen and oxygen atoms in total. The van der Waals surface area contributed by atoms with Crippen LogP contribution in [-0.4, -0.2) is 72.6 Å². The summed E-state index contributed by atoms with van der Waals surface area (Å²) in [5, 5.41) is 3.35. The van der Waals surface area contributed by atoms with Gasteiger partial charge in [-0.05, 0) is 36.4 Å². The largest absolute Gasteiger partial charge is 0.465 e. The number of nitrogens with zero attached hydrogens (tertiary/aromatic N) is 5. The van der Waals surface area contributed by atoms with E-state index in [0.29, 0.717) is 43.7 Å². The van der Waals surface area contributed by atoms with E-state index in [1.807, 2.05) is 36.7 Å². The fraction of sp³-hybridized carbons (Fsp3) is 0.308. The summed E-state index contributed by atoms with van der Waals surface area (Å²) in [5.74, 6) is 0.915. The van der Waals surface area contributed by atoms with Crippen molar-refractivity contribution in [1.82, 2.24) is 19.5 Å². The molecule has 0 amide bonds. The van der Waals surface area contributed by atoms with Gasteiger partial charge in [0, 0.05) is 44.1 Å². The van der Waals surface area contributed by atoms with Crippen molar-refractivity contribution in [3.8, 4) is 11.3 Å². The van der Waals surface area contributed by atoms with Crippen LogP contribution in [0, 0.1) is 0 Å². The van der Waals surface area contributed by atoms with Crippen molar-refractivity contribution in [1.29, 1.82) is 0 Å². The molecule has 0 bridgehead atoms. The number of hydrogen-bond acceptors (Lipinski definition) is 9. The van der Waals surface area contributed by atoms with E-state index in [4.69, 9.17) is 24.2 Å². The molecular weight excluding hydrogens is 460 g/mol. The van der Waals surface area contributed by atoms with E-state index in [-0.39, 0.29) is 5.97 Å². The molecule has 3 heterocycles. The minimum Gasteiger partial charge on any atom is -0.465 e. The fourth-order valence-electron chi connectivity index (χ4n) is 4.09. The average molecular weight is 489 g/mol. The second-order valence-electron chi connectivity index (χ2n) is 8.37. The van der Waals surface area contributed by atoms with Crippen LogP contribution >= 0.6 is 0 Å². The molecule has 0 unspecified atom stereocenters. The van der Waals surface area contributed by atoms with Crippen LogP contribution in [0.3, 0.4) is 0 Å². The van der Waals surface area contributed by atoms with Crippen molar-refractivity contribution >= 4 is 34.5 Å². The lowest BCUT2D eigenvalue weighted by atomic mass is 10.1. The molecule has 2 aromatic carbocycles. The molecule has 1 fully saturated rings. The van der Waals surface area contributed by atoms with E-state index in [2.05, 4.69) is 25.8 Å². The van der Waals surface area contributed by atoms with Crippen LogP contribution in [0.15, 0.2) is 54.9 Å². The summed E-state index contributed by atoms with van der Waals surface area (Å²) in [6, 6.07) is 15.1. The third-order valence-corrected chi connectivity index (χ3v) is 6.04. The van der Waals surface area contributed by atoms with Crippen LogP contribution in [0.4, 0.5) is 17.5 Å². The van der Waals surface area contributed by atoms with Gasteiger partial charge in [0.1, 0.15) is 5.82 Å². The molecule has 0 radical (unpaired) electrons. The highest BCUT2D eigenvalue weighted by molar-refractivity contribution is 5.89. The second-order valence-corrected chi connectivity index (χ2v) is 8.37. The van der Waals surface area contributed by atoms with Gasteiger partial charge in [0.05, 0.1) is 55.5 Å². The van der Waals surface area contributed by atoms with Gasteiger partial charge in [-0.15, -0.1) is 0 Å². The zero-order valence-corrected chi connectivity index (χ0v) is 20.3. The first-order valence-electron chi connectivity index (χ1n) is 11.8. The number of imidazole rings is 1. The van der Waals surface area contributed by atoms with Crippen LogP contribution in [0.5, 0.6) is 0 Å². The third-order valence-electron chi connectivity index (χ3n) is 6.04. The predicted molar refractivity (Wildman–Crippen MR) is 137 cm³/mol. The number of fused-ring (bicyclic) bond motifs is 1. The Morgan fingerprint density at radius 2 is 1.86 bits per heavy atom. The number of nitrogens with one attached hydrogen (secondary N) is 1. The quantitative estimate of drug-likeness (QED) is 0.373. The Morgan fingerprint density at radius 3 is 2.61 bits per heavy atom. The van der Waals surface area contributed by atoms with Gasteiger partial charge >= 0.3 is 5.97 Å². The molecule has 0 atom stereocenters. The minimum absolute atomic E-state index is 0.374.